The Hall–Kier alpha value is -1.13. The van der Waals surface area contributed by atoms with Gasteiger partial charge in [-0.15, -0.1) is 0 Å². The Labute approximate surface area is 101 Å². The first kappa shape index (κ1) is 12.3. The molecule has 0 aromatic heterocycles. The number of benzene rings is 1. The second kappa shape index (κ2) is 5.47. The first-order valence-corrected chi connectivity index (χ1v) is 6.09. The van der Waals surface area contributed by atoms with E-state index in [1.54, 1.807) is 6.07 Å². The Balaban J connectivity index is 2.12. The average molecular weight is 238 g/mol. The van der Waals surface area contributed by atoms with Gasteiger partial charge in [0, 0.05) is 31.9 Å². The number of nitrogens with two attached hydrogens (primary N) is 1. The van der Waals surface area contributed by atoms with Gasteiger partial charge in [0.1, 0.15) is 5.82 Å². The van der Waals surface area contributed by atoms with Crippen molar-refractivity contribution in [1.82, 2.24) is 0 Å². The number of hydrogen-bond donors (Lipinski definition) is 2. The van der Waals surface area contributed by atoms with Crippen molar-refractivity contribution in [3.8, 4) is 0 Å². The molecule has 1 aliphatic rings. The van der Waals surface area contributed by atoms with Gasteiger partial charge in [0.15, 0.2) is 0 Å². The van der Waals surface area contributed by atoms with Crippen LogP contribution in [0.5, 0.6) is 0 Å². The van der Waals surface area contributed by atoms with Crippen molar-refractivity contribution in [3.63, 3.8) is 0 Å². The summed E-state index contributed by atoms with van der Waals surface area (Å²) in [5, 5.41) is 9.10. The maximum Gasteiger partial charge on any atom is 0.123 e. The lowest BCUT2D eigenvalue weighted by atomic mass is 9.97. The van der Waals surface area contributed by atoms with Gasteiger partial charge in [-0.3, -0.25) is 0 Å². The zero-order valence-electron chi connectivity index (χ0n) is 9.90. The van der Waals surface area contributed by atoms with Crippen LogP contribution in [-0.2, 0) is 6.54 Å². The lowest BCUT2D eigenvalue weighted by Crippen LogP contribution is -2.35. The van der Waals surface area contributed by atoms with Crippen LogP contribution in [0, 0.1) is 11.7 Å². The second-order valence-electron chi connectivity index (χ2n) is 4.59. The third-order valence-electron chi connectivity index (χ3n) is 3.47. The highest BCUT2D eigenvalue weighted by Crippen LogP contribution is 2.26. The molecule has 1 heterocycles. The Morgan fingerprint density at radius 3 is 2.65 bits per heavy atom. The molecule has 0 spiro atoms. The molecule has 0 saturated carbocycles. The molecule has 17 heavy (non-hydrogen) atoms. The minimum absolute atomic E-state index is 0.237. The highest BCUT2D eigenvalue weighted by atomic mass is 19.1. The molecular formula is C13H19FN2O. The molecule has 2 rings (SSSR count). The van der Waals surface area contributed by atoms with Crippen molar-refractivity contribution in [2.45, 2.75) is 19.4 Å². The number of rotatable bonds is 3. The van der Waals surface area contributed by atoms with Gasteiger partial charge in [-0.2, -0.15) is 0 Å². The molecule has 1 aliphatic heterocycles. The molecule has 1 saturated heterocycles. The van der Waals surface area contributed by atoms with E-state index in [9.17, 15) is 4.39 Å². The summed E-state index contributed by atoms with van der Waals surface area (Å²) in [6.45, 7) is 2.43. The van der Waals surface area contributed by atoms with E-state index < -0.39 is 0 Å². The van der Waals surface area contributed by atoms with Gasteiger partial charge < -0.3 is 15.7 Å². The van der Waals surface area contributed by atoms with E-state index in [-0.39, 0.29) is 12.4 Å². The van der Waals surface area contributed by atoms with Crippen molar-refractivity contribution in [3.05, 3.63) is 29.6 Å². The minimum atomic E-state index is -0.237. The van der Waals surface area contributed by atoms with Gasteiger partial charge >= 0.3 is 0 Å². The van der Waals surface area contributed by atoms with E-state index in [1.165, 1.54) is 12.1 Å². The number of aliphatic hydroxyl groups excluding tert-OH is 1. The molecule has 3 nitrogen and oxygen atoms in total. The van der Waals surface area contributed by atoms with Crippen LogP contribution in [0.25, 0.3) is 0 Å². The molecule has 1 aromatic carbocycles. The quantitative estimate of drug-likeness (QED) is 0.839. The number of halogens is 1. The van der Waals surface area contributed by atoms with Crippen molar-refractivity contribution in [2.75, 3.05) is 24.6 Å². The maximum atomic E-state index is 13.1. The second-order valence-corrected chi connectivity index (χ2v) is 4.59. The zero-order valence-corrected chi connectivity index (χ0v) is 9.90. The maximum absolute atomic E-state index is 13.1. The van der Waals surface area contributed by atoms with Crippen LogP contribution in [0.4, 0.5) is 10.1 Å². The monoisotopic (exact) mass is 238 g/mol. The summed E-state index contributed by atoms with van der Waals surface area (Å²) in [5.41, 5.74) is 7.53. The van der Waals surface area contributed by atoms with E-state index in [1.807, 2.05) is 0 Å². The first-order valence-electron chi connectivity index (χ1n) is 6.09. The molecule has 0 atom stereocenters. The van der Waals surface area contributed by atoms with E-state index in [0.29, 0.717) is 12.5 Å². The molecule has 3 N–H and O–H groups in total. The molecule has 1 fully saturated rings. The summed E-state index contributed by atoms with van der Waals surface area (Å²) in [7, 11) is 0. The fraction of sp³-hybridized carbons (Fsp3) is 0.538. The molecule has 0 unspecified atom stereocenters. The van der Waals surface area contributed by atoms with Crippen LogP contribution in [0.2, 0.25) is 0 Å². The molecular weight excluding hydrogens is 219 g/mol. The van der Waals surface area contributed by atoms with Crippen LogP contribution in [0.1, 0.15) is 18.4 Å². The molecule has 94 valence electrons. The van der Waals surface area contributed by atoms with Gasteiger partial charge in [0.2, 0.25) is 0 Å². The van der Waals surface area contributed by atoms with Gasteiger partial charge in [-0.25, -0.2) is 4.39 Å². The van der Waals surface area contributed by atoms with Gasteiger partial charge in [0.25, 0.3) is 0 Å². The van der Waals surface area contributed by atoms with Crippen LogP contribution in [-0.4, -0.2) is 24.8 Å². The van der Waals surface area contributed by atoms with E-state index in [4.69, 9.17) is 10.8 Å². The summed E-state index contributed by atoms with van der Waals surface area (Å²) in [6.07, 6.45) is 1.97. The van der Waals surface area contributed by atoms with Crippen molar-refractivity contribution < 1.29 is 9.50 Å². The number of aliphatic hydroxyl groups is 1. The highest BCUT2D eigenvalue weighted by molar-refractivity contribution is 5.54. The van der Waals surface area contributed by atoms with Crippen molar-refractivity contribution >= 4 is 5.69 Å². The summed E-state index contributed by atoms with van der Waals surface area (Å²) in [5.74, 6) is 0.174. The van der Waals surface area contributed by atoms with Crippen LogP contribution >= 0.6 is 0 Å². The van der Waals surface area contributed by atoms with Gasteiger partial charge in [-0.05, 0) is 42.5 Å². The minimum Gasteiger partial charge on any atom is -0.396 e. The Bertz CT molecular complexity index is 376. The lowest BCUT2D eigenvalue weighted by Gasteiger charge is -2.34. The Morgan fingerprint density at radius 2 is 2.06 bits per heavy atom. The topological polar surface area (TPSA) is 49.5 Å². The molecule has 1 aromatic rings. The van der Waals surface area contributed by atoms with E-state index >= 15 is 0 Å². The summed E-state index contributed by atoms with van der Waals surface area (Å²) in [6, 6.07) is 4.79. The molecule has 0 radical (unpaired) electrons. The number of hydrogen-bond acceptors (Lipinski definition) is 3. The summed E-state index contributed by atoms with van der Waals surface area (Å²) >= 11 is 0. The van der Waals surface area contributed by atoms with Crippen molar-refractivity contribution in [2.24, 2.45) is 11.7 Å². The molecule has 0 amide bonds. The fourth-order valence-corrected chi connectivity index (χ4v) is 2.38. The Morgan fingerprint density at radius 1 is 1.35 bits per heavy atom. The van der Waals surface area contributed by atoms with Crippen molar-refractivity contribution in [1.29, 1.82) is 0 Å². The lowest BCUT2D eigenvalue weighted by molar-refractivity contribution is 0.203. The van der Waals surface area contributed by atoms with Crippen LogP contribution in [0.15, 0.2) is 18.2 Å². The van der Waals surface area contributed by atoms with E-state index in [0.717, 1.165) is 37.2 Å². The number of nitrogens with zero attached hydrogens (tertiary/aromatic N) is 1. The van der Waals surface area contributed by atoms with Crippen LogP contribution in [0.3, 0.4) is 0 Å². The SMILES string of the molecule is NCc1cc(F)ccc1N1CCC(CO)CC1. The third kappa shape index (κ3) is 2.76. The summed E-state index contributed by atoms with van der Waals surface area (Å²) < 4.78 is 13.1. The standard InChI is InChI=1S/C13H19FN2O/c14-12-1-2-13(11(7-12)8-15)16-5-3-10(9-17)4-6-16/h1-2,7,10,17H,3-6,8-9,15H2. The smallest absolute Gasteiger partial charge is 0.123 e. The largest absolute Gasteiger partial charge is 0.396 e. The molecule has 4 heteroatoms. The fourth-order valence-electron chi connectivity index (χ4n) is 2.38. The normalized spacial score (nSPS) is 17.5. The van der Waals surface area contributed by atoms with E-state index in [2.05, 4.69) is 4.90 Å². The number of anilines is 1. The predicted molar refractivity (Wildman–Crippen MR) is 66.3 cm³/mol. The molecule has 0 bridgehead atoms. The zero-order chi connectivity index (χ0) is 12.3. The first-order chi connectivity index (χ1) is 8.24. The van der Waals surface area contributed by atoms with Gasteiger partial charge in [0.05, 0.1) is 0 Å². The average Bonchev–Trinajstić information content (AvgIpc) is 2.39. The highest BCUT2D eigenvalue weighted by Gasteiger charge is 2.20. The number of piperidine rings is 1. The Kier molecular flexibility index (Phi) is 3.97. The van der Waals surface area contributed by atoms with Crippen LogP contribution < -0.4 is 10.6 Å². The van der Waals surface area contributed by atoms with Gasteiger partial charge in [-0.1, -0.05) is 0 Å². The summed E-state index contributed by atoms with van der Waals surface area (Å²) in [4.78, 5) is 2.23. The predicted octanol–water partition coefficient (Wildman–Crippen LogP) is 1.49. The molecule has 0 aliphatic carbocycles. The third-order valence-corrected chi connectivity index (χ3v) is 3.47.